The van der Waals surface area contributed by atoms with Crippen molar-refractivity contribution in [3.63, 3.8) is 0 Å². The van der Waals surface area contributed by atoms with Crippen LogP contribution in [0.25, 0.3) is 0 Å². The van der Waals surface area contributed by atoms with E-state index in [1.54, 1.807) is 0 Å². The normalized spacial score (nSPS) is 16.5. The summed E-state index contributed by atoms with van der Waals surface area (Å²) < 4.78 is 0. The van der Waals surface area contributed by atoms with Gasteiger partial charge in [0.25, 0.3) is 0 Å². The van der Waals surface area contributed by atoms with Gasteiger partial charge < -0.3 is 4.90 Å². The van der Waals surface area contributed by atoms with E-state index in [1.807, 2.05) is 6.92 Å². The van der Waals surface area contributed by atoms with Gasteiger partial charge in [0, 0.05) is 13.6 Å². The van der Waals surface area contributed by atoms with Crippen LogP contribution in [0.2, 0.25) is 5.15 Å². The van der Waals surface area contributed by atoms with Gasteiger partial charge in [-0.25, -0.2) is 0 Å². The molecule has 0 aromatic carbocycles. The molecule has 1 aromatic rings. The number of anilines is 1. The summed E-state index contributed by atoms with van der Waals surface area (Å²) in [4.78, 5) is 2.22. The standard InChI is InChI=1S/C13H20ClN3/c1-9-10(2)13(16-15-12(9)14)17(3)8-11-6-4-5-7-11/h11H,4-8H2,1-3H3. The number of aromatic nitrogens is 2. The van der Waals surface area contributed by atoms with Crippen molar-refractivity contribution in [3.05, 3.63) is 16.3 Å². The zero-order chi connectivity index (χ0) is 12.4. The zero-order valence-corrected chi connectivity index (χ0v) is 11.6. The summed E-state index contributed by atoms with van der Waals surface area (Å²) in [5.74, 6) is 1.79. The molecule has 4 heteroatoms. The van der Waals surface area contributed by atoms with E-state index < -0.39 is 0 Å². The summed E-state index contributed by atoms with van der Waals surface area (Å²) in [5.41, 5.74) is 2.18. The number of hydrogen-bond acceptors (Lipinski definition) is 3. The Morgan fingerprint density at radius 2 is 1.82 bits per heavy atom. The molecule has 94 valence electrons. The van der Waals surface area contributed by atoms with Crippen LogP contribution in [0.1, 0.15) is 36.8 Å². The minimum Gasteiger partial charge on any atom is -0.358 e. The Balaban J connectivity index is 2.13. The maximum Gasteiger partial charge on any atom is 0.155 e. The highest BCUT2D eigenvalue weighted by atomic mass is 35.5. The Bertz CT molecular complexity index is 400. The van der Waals surface area contributed by atoms with Crippen LogP contribution < -0.4 is 4.90 Å². The van der Waals surface area contributed by atoms with Crippen LogP contribution in [0.3, 0.4) is 0 Å². The second-order valence-corrected chi connectivity index (χ2v) is 5.45. The van der Waals surface area contributed by atoms with Gasteiger partial charge in [-0.05, 0) is 43.7 Å². The highest BCUT2D eigenvalue weighted by Gasteiger charge is 2.19. The van der Waals surface area contributed by atoms with Gasteiger partial charge in [0.15, 0.2) is 11.0 Å². The van der Waals surface area contributed by atoms with E-state index in [2.05, 4.69) is 29.1 Å². The van der Waals surface area contributed by atoms with Gasteiger partial charge in [0.05, 0.1) is 0 Å². The Hall–Kier alpha value is -0.830. The van der Waals surface area contributed by atoms with E-state index >= 15 is 0 Å². The molecule has 1 saturated carbocycles. The molecule has 0 radical (unpaired) electrons. The summed E-state index contributed by atoms with van der Waals surface area (Å²) in [7, 11) is 2.10. The Kier molecular flexibility index (Phi) is 3.87. The average molecular weight is 254 g/mol. The molecule has 2 rings (SSSR count). The second-order valence-electron chi connectivity index (χ2n) is 5.10. The van der Waals surface area contributed by atoms with Crippen molar-refractivity contribution in [2.75, 3.05) is 18.5 Å². The van der Waals surface area contributed by atoms with E-state index in [1.165, 1.54) is 25.7 Å². The van der Waals surface area contributed by atoms with Crippen LogP contribution in [0.4, 0.5) is 5.82 Å². The SMILES string of the molecule is Cc1c(Cl)nnc(N(C)CC2CCCC2)c1C. The van der Waals surface area contributed by atoms with Crippen LogP contribution in [-0.2, 0) is 0 Å². The molecule has 0 N–H and O–H groups in total. The third kappa shape index (κ3) is 2.71. The van der Waals surface area contributed by atoms with Gasteiger partial charge >= 0.3 is 0 Å². The first-order valence-corrected chi connectivity index (χ1v) is 6.68. The molecule has 0 bridgehead atoms. The lowest BCUT2D eigenvalue weighted by Gasteiger charge is -2.23. The van der Waals surface area contributed by atoms with E-state index in [9.17, 15) is 0 Å². The Labute approximate surface area is 108 Å². The topological polar surface area (TPSA) is 29.0 Å². The van der Waals surface area contributed by atoms with Crippen LogP contribution in [-0.4, -0.2) is 23.8 Å². The second kappa shape index (κ2) is 5.21. The molecule has 3 nitrogen and oxygen atoms in total. The third-order valence-corrected chi connectivity index (χ3v) is 4.17. The molecule has 1 aromatic heterocycles. The zero-order valence-electron chi connectivity index (χ0n) is 10.8. The lowest BCUT2D eigenvalue weighted by atomic mass is 10.1. The maximum atomic E-state index is 5.97. The van der Waals surface area contributed by atoms with Crippen molar-refractivity contribution in [1.29, 1.82) is 0 Å². The highest BCUT2D eigenvalue weighted by Crippen LogP contribution is 2.28. The number of nitrogens with zero attached hydrogens (tertiary/aromatic N) is 3. The van der Waals surface area contributed by atoms with Gasteiger partial charge in [-0.1, -0.05) is 24.4 Å². The Morgan fingerprint density at radius 1 is 1.18 bits per heavy atom. The first-order valence-electron chi connectivity index (χ1n) is 6.30. The number of hydrogen-bond donors (Lipinski definition) is 0. The molecular weight excluding hydrogens is 234 g/mol. The van der Waals surface area contributed by atoms with Crippen molar-refractivity contribution in [1.82, 2.24) is 10.2 Å². The van der Waals surface area contributed by atoms with Crippen molar-refractivity contribution < 1.29 is 0 Å². The van der Waals surface area contributed by atoms with E-state index in [4.69, 9.17) is 11.6 Å². The van der Waals surface area contributed by atoms with E-state index in [0.717, 1.165) is 29.4 Å². The fourth-order valence-corrected chi connectivity index (χ4v) is 2.77. The summed E-state index contributed by atoms with van der Waals surface area (Å²) >= 11 is 5.97. The van der Waals surface area contributed by atoms with Crippen molar-refractivity contribution >= 4 is 17.4 Å². The Morgan fingerprint density at radius 3 is 2.47 bits per heavy atom. The largest absolute Gasteiger partial charge is 0.358 e. The monoisotopic (exact) mass is 253 g/mol. The predicted octanol–water partition coefficient (Wildman–Crippen LogP) is 3.37. The van der Waals surface area contributed by atoms with Gasteiger partial charge in [0.2, 0.25) is 0 Å². The summed E-state index contributed by atoms with van der Waals surface area (Å²) in [6, 6.07) is 0. The van der Waals surface area contributed by atoms with Crippen LogP contribution in [0.5, 0.6) is 0 Å². The predicted molar refractivity (Wildman–Crippen MR) is 71.7 cm³/mol. The number of halogens is 1. The molecular formula is C13H20ClN3. The first-order chi connectivity index (χ1) is 8.09. The minimum atomic E-state index is 0.514. The molecule has 0 saturated heterocycles. The summed E-state index contributed by atoms with van der Waals surface area (Å²) in [6.45, 7) is 5.15. The van der Waals surface area contributed by atoms with Gasteiger partial charge in [-0.3, -0.25) is 0 Å². The molecule has 0 unspecified atom stereocenters. The van der Waals surface area contributed by atoms with Gasteiger partial charge in [-0.15, -0.1) is 10.2 Å². The summed E-state index contributed by atoms with van der Waals surface area (Å²) in [6.07, 6.45) is 5.46. The molecule has 1 fully saturated rings. The number of rotatable bonds is 3. The van der Waals surface area contributed by atoms with E-state index in [-0.39, 0.29) is 0 Å². The smallest absolute Gasteiger partial charge is 0.155 e. The fraction of sp³-hybridized carbons (Fsp3) is 0.692. The van der Waals surface area contributed by atoms with Crippen molar-refractivity contribution in [2.45, 2.75) is 39.5 Å². The summed E-state index contributed by atoms with van der Waals surface area (Å²) in [5, 5.41) is 8.75. The minimum absolute atomic E-state index is 0.514. The lowest BCUT2D eigenvalue weighted by Crippen LogP contribution is -2.26. The lowest BCUT2D eigenvalue weighted by molar-refractivity contribution is 0.543. The van der Waals surface area contributed by atoms with Crippen LogP contribution >= 0.6 is 11.6 Å². The average Bonchev–Trinajstić information content (AvgIpc) is 2.78. The quantitative estimate of drug-likeness (QED) is 0.827. The van der Waals surface area contributed by atoms with E-state index in [0.29, 0.717) is 5.15 Å². The van der Waals surface area contributed by atoms with Crippen molar-refractivity contribution in [3.8, 4) is 0 Å². The first kappa shape index (κ1) is 12.6. The van der Waals surface area contributed by atoms with Gasteiger partial charge in [-0.2, -0.15) is 0 Å². The molecule has 0 amide bonds. The highest BCUT2D eigenvalue weighted by molar-refractivity contribution is 6.30. The molecule has 17 heavy (non-hydrogen) atoms. The maximum absolute atomic E-state index is 5.97. The molecule has 1 heterocycles. The third-order valence-electron chi connectivity index (χ3n) is 3.81. The van der Waals surface area contributed by atoms with Crippen LogP contribution in [0, 0.1) is 19.8 Å². The molecule has 1 aliphatic carbocycles. The fourth-order valence-electron chi connectivity index (χ4n) is 2.59. The molecule has 0 spiro atoms. The van der Waals surface area contributed by atoms with Crippen molar-refractivity contribution in [2.24, 2.45) is 5.92 Å². The molecule has 1 aliphatic rings. The molecule has 0 aliphatic heterocycles. The van der Waals surface area contributed by atoms with Crippen LogP contribution in [0.15, 0.2) is 0 Å². The van der Waals surface area contributed by atoms with Gasteiger partial charge in [0.1, 0.15) is 0 Å². The molecule has 0 atom stereocenters.